The van der Waals surface area contributed by atoms with Crippen molar-refractivity contribution in [1.29, 1.82) is 0 Å². The number of nitrogens with one attached hydrogen (secondary N) is 1. The Morgan fingerprint density at radius 2 is 1.86 bits per heavy atom. The average molecular weight is 384 g/mol. The molecule has 1 aliphatic rings. The van der Waals surface area contributed by atoms with Gasteiger partial charge in [-0.1, -0.05) is 12.1 Å². The Kier molecular flexibility index (Phi) is 7.02. The van der Waals surface area contributed by atoms with Gasteiger partial charge in [0.1, 0.15) is 5.75 Å². The van der Waals surface area contributed by atoms with Crippen LogP contribution >= 0.6 is 0 Å². The number of hydrogen-bond acceptors (Lipinski definition) is 6. The van der Waals surface area contributed by atoms with E-state index in [-0.39, 0.29) is 0 Å². The van der Waals surface area contributed by atoms with Crippen LogP contribution in [0.2, 0.25) is 0 Å². The molecule has 1 saturated heterocycles. The van der Waals surface area contributed by atoms with Crippen LogP contribution in [-0.4, -0.2) is 72.3 Å². The minimum absolute atomic E-state index is 0.302. The van der Waals surface area contributed by atoms with Gasteiger partial charge in [-0.3, -0.25) is 4.99 Å². The van der Waals surface area contributed by atoms with E-state index < -0.39 is 6.10 Å². The number of ether oxygens (including phenoxy) is 1. The highest BCUT2D eigenvalue weighted by Crippen LogP contribution is 2.18. The van der Waals surface area contributed by atoms with Gasteiger partial charge in [-0.05, 0) is 30.7 Å². The highest BCUT2D eigenvalue weighted by molar-refractivity contribution is 5.80. The fraction of sp³-hybridized carbons (Fsp3) is 0.450. The Hall–Kier alpha value is -2.87. The number of aliphatic hydroxyl groups excluding tert-OH is 1. The van der Waals surface area contributed by atoms with E-state index in [9.17, 15) is 5.11 Å². The number of methoxy groups -OCH3 is 1. The molecule has 0 spiro atoms. The van der Waals surface area contributed by atoms with Crippen LogP contribution in [0.5, 0.6) is 5.75 Å². The standard InChI is InChI=1S/C20H28N6O2/c1-3-21-19(24-15-18(27)16-5-7-17(28-2)8-6-16)25-11-13-26(14-12-25)20-22-9-4-10-23-20/h4-10,18,27H,3,11-15H2,1-2H3,(H,21,24). The van der Waals surface area contributed by atoms with E-state index in [1.165, 1.54) is 0 Å². The van der Waals surface area contributed by atoms with Crippen molar-refractivity contribution in [3.8, 4) is 5.75 Å². The molecule has 2 heterocycles. The van der Waals surface area contributed by atoms with Gasteiger partial charge in [0.05, 0.1) is 19.8 Å². The topological polar surface area (TPSA) is 86.1 Å². The predicted octanol–water partition coefficient (Wildman–Crippen LogP) is 1.31. The van der Waals surface area contributed by atoms with Gasteiger partial charge < -0.3 is 25.0 Å². The molecule has 2 N–H and O–H groups in total. The van der Waals surface area contributed by atoms with Gasteiger partial charge in [0.25, 0.3) is 0 Å². The minimum atomic E-state index is -0.654. The summed E-state index contributed by atoms with van der Waals surface area (Å²) < 4.78 is 5.16. The molecule has 1 unspecified atom stereocenters. The fourth-order valence-corrected chi connectivity index (χ4v) is 3.10. The maximum absolute atomic E-state index is 10.5. The van der Waals surface area contributed by atoms with E-state index in [0.717, 1.165) is 55.9 Å². The van der Waals surface area contributed by atoms with Crippen LogP contribution in [0.3, 0.4) is 0 Å². The number of rotatable bonds is 6. The number of anilines is 1. The van der Waals surface area contributed by atoms with E-state index in [2.05, 4.69) is 30.1 Å². The SMILES string of the molecule is CCNC(=NCC(O)c1ccc(OC)cc1)N1CCN(c2ncccn2)CC1. The van der Waals surface area contributed by atoms with E-state index >= 15 is 0 Å². The Labute approximate surface area is 165 Å². The number of piperazine rings is 1. The van der Waals surface area contributed by atoms with E-state index in [1.54, 1.807) is 19.5 Å². The summed E-state index contributed by atoms with van der Waals surface area (Å²) >= 11 is 0. The zero-order valence-corrected chi connectivity index (χ0v) is 16.5. The first-order valence-corrected chi connectivity index (χ1v) is 9.58. The van der Waals surface area contributed by atoms with Crippen LogP contribution in [0, 0.1) is 0 Å². The largest absolute Gasteiger partial charge is 0.497 e. The lowest BCUT2D eigenvalue weighted by Gasteiger charge is -2.36. The summed E-state index contributed by atoms with van der Waals surface area (Å²) in [5, 5.41) is 13.8. The smallest absolute Gasteiger partial charge is 0.225 e. The van der Waals surface area contributed by atoms with Crippen LogP contribution in [0.1, 0.15) is 18.6 Å². The van der Waals surface area contributed by atoms with E-state index in [0.29, 0.717) is 6.54 Å². The van der Waals surface area contributed by atoms with Crippen molar-refractivity contribution in [3.05, 3.63) is 48.3 Å². The molecule has 0 saturated carbocycles. The van der Waals surface area contributed by atoms with Gasteiger partial charge in [0, 0.05) is 45.1 Å². The van der Waals surface area contributed by atoms with Crippen molar-refractivity contribution in [2.45, 2.75) is 13.0 Å². The number of aliphatic imine (C=N–C) groups is 1. The molecule has 8 heteroatoms. The second-order valence-electron chi connectivity index (χ2n) is 6.51. The van der Waals surface area contributed by atoms with Crippen molar-refractivity contribution < 1.29 is 9.84 Å². The van der Waals surface area contributed by atoms with Crippen LogP contribution < -0.4 is 15.0 Å². The summed E-state index contributed by atoms with van der Waals surface area (Å²) in [5.74, 6) is 2.36. The van der Waals surface area contributed by atoms with Crippen LogP contribution in [-0.2, 0) is 0 Å². The number of aliphatic hydroxyl groups is 1. The van der Waals surface area contributed by atoms with Crippen molar-refractivity contribution in [1.82, 2.24) is 20.2 Å². The molecule has 0 amide bonds. The van der Waals surface area contributed by atoms with Gasteiger partial charge in [0.15, 0.2) is 5.96 Å². The summed E-state index contributed by atoms with van der Waals surface area (Å²) in [6.45, 7) is 6.43. The number of hydrogen-bond donors (Lipinski definition) is 2. The molecule has 3 rings (SSSR count). The highest BCUT2D eigenvalue weighted by atomic mass is 16.5. The Morgan fingerprint density at radius 1 is 1.18 bits per heavy atom. The first-order chi connectivity index (χ1) is 13.7. The zero-order chi connectivity index (χ0) is 19.8. The normalized spacial score (nSPS) is 16.0. The molecule has 0 aliphatic carbocycles. The maximum atomic E-state index is 10.5. The van der Waals surface area contributed by atoms with Crippen molar-refractivity contribution in [3.63, 3.8) is 0 Å². The number of nitrogens with zero attached hydrogens (tertiary/aromatic N) is 5. The van der Waals surface area contributed by atoms with Gasteiger partial charge in [-0.15, -0.1) is 0 Å². The molecule has 0 bridgehead atoms. The lowest BCUT2D eigenvalue weighted by atomic mass is 10.1. The third-order valence-electron chi connectivity index (χ3n) is 4.66. The first-order valence-electron chi connectivity index (χ1n) is 9.58. The quantitative estimate of drug-likeness (QED) is 0.574. The van der Waals surface area contributed by atoms with Gasteiger partial charge >= 0.3 is 0 Å². The molecule has 150 valence electrons. The third-order valence-corrected chi connectivity index (χ3v) is 4.66. The van der Waals surface area contributed by atoms with Crippen molar-refractivity contribution >= 4 is 11.9 Å². The molecule has 1 fully saturated rings. The average Bonchev–Trinajstić information content (AvgIpc) is 2.77. The lowest BCUT2D eigenvalue weighted by Crippen LogP contribution is -2.53. The summed E-state index contributed by atoms with van der Waals surface area (Å²) in [6.07, 6.45) is 2.88. The second-order valence-corrected chi connectivity index (χ2v) is 6.51. The van der Waals surface area contributed by atoms with Crippen LogP contribution in [0.4, 0.5) is 5.95 Å². The molecular weight excluding hydrogens is 356 g/mol. The van der Waals surface area contributed by atoms with Crippen LogP contribution in [0.15, 0.2) is 47.7 Å². The lowest BCUT2D eigenvalue weighted by molar-refractivity contribution is 0.186. The molecule has 0 radical (unpaired) electrons. The Bertz CT molecular complexity index is 745. The van der Waals surface area contributed by atoms with Crippen molar-refractivity contribution in [2.75, 3.05) is 51.3 Å². The predicted molar refractivity (Wildman–Crippen MR) is 110 cm³/mol. The molecular formula is C20H28N6O2. The number of guanidine groups is 1. The molecule has 28 heavy (non-hydrogen) atoms. The molecule has 1 atom stereocenters. The monoisotopic (exact) mass is 384 g/mol. The maximum Gasteiger partial charge on any atom is 0.225 e. The fourth-order valence-electron chi connectivity index (χ4n) is 3.10. The Morgan fingerprint density at radius 3 is 2.46 bits per heavy atom. The minimum Gasteiger partial charge on any atom is -0.497 e. The number of aromatic nitrogens is 2. The molecule has 8 nitrogen and oxygen atoms in total. The summed E-state index contributed by atoms with van der Waals surface area (Å²) in [6, 6.07) is 9.25. The summed E-state index contributed by atoms with van der Waals surface area (Å²) in [7, 11) is 1.63. The third kappa shape index (κ3) is 5.10. The van der Waals surface area contributed by atoms with Crippen molar-refractivity contribution in [2.24, 2.45) is 4.99 Å². The summed E-state index contributed by atoms with van der Waals surface area (Å²) in [4.78, 5) is 17.7. The molecule has 1 aromatic heterocycles. The van der Waals surface area contributed by atoms with Gasteiger partial charge in [-0.2, -0.15) is 0 Å². The molecule has 1 aromatic carbocycles. The van der Waals surface area contributed by atoms with Crippen LogP contribution in [0.25, 0.3) is 0 Å². The van der Waals surface area contributed by atoms with E-state index in [4.69, 9.17) is 4.74 Å². The van der Waals surface area contributed by atoms with Gasteiger partial charge in [0.2, 0.25) is 5.95 Å². The highest BCUT2D eigenvalue weighted by Gasteiger charge is 2.21. The van der Waals surface area contributed by atoms with E-state index in [1.807, 2.05) is 37.3 Å². The zero-order valence-electron chi connectivity index (χ0n) is 16.5. The Balaban J connectivity index is 1.59. The van der Waals surface area contributed by atoms with Gasteiger partial charge in [-0.25, -0.2) is 9.97 Å². The number of benzene rings is 1. The molecule has 1 aliphatic heterocycles. The second kappa shape index (κ2) is 9.89. The molecule has 2 aromatic rings. The summed E-state index contributed by atoms with van der Waals surface area (Å²) in [5.41, 5.74) is 0.825. The first kappa shape index (κ1) is 19.9.